The van der Waals surface area contributed by atoms with Crippen LogP contribution in [0.5, 0.6) is 0 Å². The average Bonchev–Trinajstić information content (AvgIpc) is 2.85. The molecular weight excluding hydrogens is 452 g/mol. The Morgan fingerprint density at radius 3 is 2.50 bits per heavy atom. The third-order valence-corrected chi connectivity index (χ3v) is 6.70. The smallest absolute Gasteiger partial charge is 0.338 e. The molecule has 0 saturated carbocycles. The van der Waals surface area contributed by atoms with E-state index in [9.17, 15) is 14.4 Å². The molecule has 0 fully saturated rings. The summed E-state index contributed by atoms with van der Waals surface area (Å²) >= 11 is 1.30. The summed E-state index contributed by atoms with van der Waals surface area (Å²) in [7, 11) is 1.67. The lowest BCUT2D eigenvalue weighted by atomic mass is 9.95. The fraction of sp³-hybridized carbons (Fsp3) is 0.280. The molecule has 0 bridgehead atoms. The van der Waals surface area contributed by atoms with Crippen LogP contribution in [0.4, 0.5) is 4.79 Å². The SMILES string of the molecule is CCOC(=O)C1=C(CSc2nc3ccccc3c(=O)n2C)N(CC)C(=O)N[C@H]1c1ccccc1. The summed E-state index contributed by atoms with van der Waals surface area (Å²) in [6.45, 7) is 4.18. The van der Waals surface area contributed by atoms with Gasteiger partial charge >= 0.3 is 12.0 Å². The van der Waals surface area contributed by atoms with Crippen molar-refractivity contribution in [2.24, 2.45) is 7.05 Å². The molecule has 1 aliphatic heterocycles. The van der Waals surface area contributed by atoms with Crippen LogP contribution in [0.1, 0.15) is 25.5 Å². The lowest BCUT2D eigenvalue weighted by Crippen LogP contribution is -2.49. The van der Waals surface area contributed by atoms with Crippen molar-refractivity contribution >= 4 is 34.7 Å². The fourth-order valence-electron chi connectivity index (χ4n) is 4.00. The van der Waals surface area contributed by atoms with E-state index in [1.54, 1.807) is 32.2 Å². The summed E-state index contributed by atoms with van der Waals surface area (Å²) in [6.07, 6.45) is 0. The van der Waals surface area contributed by atoms with Crippen LogP contribution in [0.25, 0.3) is 10.9 Å². The van der Waals surface area contributed by atoms with Crippen molar-refractivity contribution in [3.63, 3.8) is 0 Å². The van der Waals surface area contributed by atoms with Crippen LogP contribution in [-0.4, -0.2) is 45.4 Å². The van der Waals surface area contributed by atoms with Crippen molar-refractivity contribution in [1.82, 2.24) is 19.8 Å². The van der Waals surface area contributed by atoms with E-state index in [1.807, 2.05) is 43.3 Å². The molecule has 0 saturated heterocycles. The topological polar surface area (TPSA) is 93.5 Å². The van der Waals surface area contributed by atoms with Crippen LogP contribution in [-0.2, 0) is 16.6 Å². The molecule has 2 aromatic carbocycles. The molecule has 34 heavy (non-hydrogen) atoms. The van der Waals surface area contributed by atoms with Gasteiger partial charge in [0.15, 0.2) is 5.16 Å². The summed E-state index contributed by atoms with van der Waals surface area (Å²) in [6, 6.07) is 15.6. The van der Waals surface area contributed by atoms with Crippen molar-refractivity contribution in [1.29, 1.82) is 0 Å². The zero-order valence-corrected chi connectivity index (χ0v) is 20.1. The van der Waals surface area contributed by atoms with Crippen LogP contribution in [0, 0.1) is 0 Å². The number of para-hydroxylation sites is 1. The Labute approximate surface area is 201 Å². The van der Waals surface area contributed by atoms with Crippen molar-refractivity contribution < 1.29 is 14.3 Å². The van der Waals surface area contributed by atoms with Gasteiger partial charge in [0.05, 0.1) is 29.1 Å². The molecular formula is C25H26N4O4S. The van der Waals surface area contributed by atoms with Crippen molar-refractivity contribution in [3.05, 3.63) is 81.8 Å². The zero-order valence-electron chi connectivity index (χ0n) is 19.3. The first-order valence-electron chi connectivity index (χ1n) is 11.1. The highest BCUT2D eigenvalue weighted by Crippen LogP contribution is 2.34. The maximum atomic E-state index is 13.1. The molecule has 0 unspecified atom stereocenters. The van der Waals surface area contributed by atoms with E-state index in [0.717, 1.165) is 5.56 Å². The summed E-state index contributed by atoms with van der Waals surface area (Å²) in [5.41, 5.74) is 2.17. The summed E-state index contributed by atoms with van der Waals surface area (Å²) in [5.74, 6) is -0.220. The number of nitrogens with zero attached hydrogens (tertiary/aromatic N) is 3. The second-order valence-electron chi connectivity index (χ2n) is 7.68. The minimum absolute atomic E-state index is 0.149. The second kappa shape index (κ2) is 10.1. The van der Waals surface area contributed by atoms with Gasteiger partial charge < -0.3 is 10.1 Å². The summed E-state index contributed by atoms with van der Waals surface area (Å²) in [5, 5.41) is 3.98. The Hall–Kier alpha value is -3.59. The van der Waals surface area contributed by atoms with E-state index >= 15 is 0 Å². The minimum atomic E-state index is -0.639. The monoisotopic (exact) mass is 478 g/mol. The third kappa shape index (κ3) is 4.43. The van der Waals surface area contributed by atoms with Crippen LogP contribution < -0.4 is 10.9 Å². The van der Waals surface area contributed by atoms with Crippen LogP contribution >= 0.6 is 11.8 Å². The number of amides is 2. The first-order chi connectivity index (χ1) is 16.5. The van der Waals surface area contributed by atoms with Crippen LogP contribution in [0.2, 0.25) is 0 Å². The Balaban J connectivity index is 1.80. The van der Waals surface area contributed by atoms with E-state index in [2.05, 4.69) is 10.3 Å². The van der Waals surface area contributed by atoms with Gasteiger partial charge in [0.2, 0.25) is 0 Å². The average molecular weight is 479 g/mol. The number of benzene rings is 2. The molecule has 9 heteroatoms. The number of carbonyl (C=O) groups is 2. The lowest BCUT2D eigenvalue weighted by molar-refractivity contribution is -0.139. The quantitative estimate of drug-likeness (QED) is 0.317. The highest BCUT2D eigenvalue weighted by molar-refractivity contribution is 7.99. The number of thioether (sulfide) groups is 1. The van der Waals surface area contributed by atoms with Gasteiger partial charge in [-0.1, -0.05) is 54.2 Å². The largest absolute Gasteiger partial charge is 0.463 e. The Morgan fingerprint density at radius 2 is 1.79 bits per heavy atom. The third-order valence-electron chi connectivity index (χ3n) is 5.66. The van der Waals surface area contributed by atoms with Crippen LogP contribution in [0.3, 0.4) is 0 Å². The molecule has 8 nitrogen and oxygen atoms in total. The van der Waals surface area contributed by atoms with Crippen molar-refractivity contribution in [2.45, 2.75) is 25.0 Å². The van der Waals surface area contributed by atoms with Crippen LogP contribution in [0.15, 0.2) is 75.8 Å². The van der Waals surface area contributed by atoms with Gasteiger partial charge in [-0.2, -0.15) is 0 Å². The minimum Gasteiger partial charge on any atom is -0.463 e. The van der Waals surface area contributed by atoms with Crippen molar-refractivity contribution in [2.75, 3.05) is 18.9 Å². The molecule has 3 aromatic rings. The number of fused-ring (bicyclic) bond motifs is 1. The molecule has 0 radical (unpaired) electrons. The van der Waals surface area contributed by atoms with Gasteiger partial charge in [-0.15, -0.1) is 0 Å². The number of hydrogen-bond donors (Lipinski definition) is 1. The number of ether oxygens (including phenoxy) is 1. The van der Waals surface area contributed by atoms with Gasteiger partial charge in [0, 0.05) is 25.0 Å². The molecule has 1 N–H and O–H groups in total. The Bertz CT molecular complexity index is 1320. The lowest BCUT2D eigenvalue weighted by Gasteiger charge is -2.36. The fourth-order valence-corrected chi connectivity index (χ4v) is 5.01. The van der Waals surface area contributed by atoms with E-state index in [-0.39, 0.29) is 24.0 Å². The van der Waals surface area contributed by atoms with Gasteiger partial charge in [-0.3, -0.25) is 14.3 Å². The van der Waals surface area contributed by atoms with Gasteiger partial charge in [-0.25, -0.2) is 14.6 Å². The predicted molar refractivity (Wildman–Crippen MR) is 131 cm³/mol. The predicted octanol–water partition coefficient (Wildman–Crippen LogP) is 3.63. The van der Waals surface area contributed by atoms with Gasteiger partial charge in [-0.05, 0) is 31.5 Å². The van der Waals surface area contributed by atoms with Gasteiger partial charge in [0.1, 0.15) is 0 Å². The molecule has 0 spiro atoms. The number of nitrogens with one attached hydrogen (secondary N) is 1. The number of hydrogen-bond acceptors (Lipinski definition) is 6. The highest BCUT2D eigenvalue weighted by atomic mass is 32.2. The molecule has 2 amide bonds. The van der Waals surface area contributed by atoms with Gasteiger partial charge in [0.25, 0.3) is 5.56 Å². The standard InChI is InChI=1S/C25H26N4O4S/c1-4-29-19(15-34-25-26-18-14-10-9-13-17(18)22(30)28(25)3)20(23(31)33-5-2)21(27-24(29)32)16-11-7-6-8-12-16/h6-14,21H,4-5,15H2,1-3H3,(H,27,32)/t21-/m0/s1. The van der Waals surface area contributed by atoms with Crippen molar-refractivity contribution in [3.8, 4) is 0 Å². The molecule has 2 heterocycles. The first kappa shape index (κ1) is 23.6. The number of aromatic nitrogens is 2. The summed E-state index contributed by atoms with van der Waals surface area (Å²) in [4.78, 5) is 45.1. The Kier molecular flexibility index (Phi) is 7.02. The highest BCUT2D eigenvalue weighted by Gasteiger charge is 2.37. The second-order valence-corrected chi connectivity index (χ2v) is 8.63. The normalized spacial score (nSPS) is 16.0. The maximum Gasteiger partial charge on any atom is 0.338 e. The molecule has 1 atom stereocenters. The molecule has 4 rings (SSSR count). The number of rotatable bonds is 7. The van der Waals surface area contributed by atoms with E-state index in [1.165, 1.54) is 21.2 Å². The van der Waals surface area contributed by atoms with E-state index in [4.69, 9.17) is 4.74 Å². The number of carbonyl (C=O) groups excluding carboxylic acids is 2. The summed E-state index contributed by atoms with van der Waals surface area (Å²) < 4.78 is 6.88. The number of esters is 1. The zero-order chi connectivity index (χ0) is 24.2. The maximum absolute atomic E-state index is 13.1. The van der Waals surface area contributed by atoms with E-state index < -0.39 is 12.0 Å². The van der Waals surface area contributed by atoms with E-state index in [0.29, 0.717) is 33.9 Å². The first-order valence-corrected chi connectivity index (χ1v) is 12.1. The molecule has 0 aliphatic carbocycles. The number of urea groups is 1. The molecule has 1 aromatic heterocycles. The Morgan fingerprint density at radius 1 is 1.09 bits per heavy atom. The molecule has 176 valence electrons. The molecule has 1 aliphatic rings.